The molecular formula is C15H20N2O4. The number of ether oxygens (including phenoxy) is 1. The molecule has 1 heterocycles. The van der Waals surface area contributed by atoms with Gasteiger partial charge in [0, 0.05) is 32.4 Å². The van der Waals surface area contributed by atoms with E-state index in [0.29, 0.717) is 6.61 Å². The van der Waals surface area contributed by atoms with Gasteiger partial charge in [-0.05, 0) is 18.1 Å². The summed E-state index contributed by atoms with van der Waals surface area (Å²) in [5, 5.41) is 11.6. The summed E-state index contributed by atoms with van der Waals surface area (Å²) < 4.78 is 4.86. The number of carbonyl (C=O) groups is 2. The lowest BCUT2D eigenvalue weighted by Crippen LogP contribution is -2.45. The number of nitrogens with one attached hydrogen (secondary N) is 1. The summed E-state index contributed by atoms with van der Waals surface area (Å²) in [6.45, 7) is 1.25. The Hall–Kier alpha value is -2.08. The van der Waals surface area contributed by atoms with Crippen molar-refractivity contribution in [3.8, 4) is 0 Å². The number of amides is 1. The number of aliphatic carboxylic acids is 1. The second-order valence-electron chi connectivity index (χ2n) is 5.04. The molecule has 0 saturated carbocycles. The Morgan fingerprint density at radius 1 is 1.43 bits per heavy atom. The summed E-state index contributed by atoms with van der Waals surface area (Å²) in [5.41, 5.74) is 2.27. The van der Waals surface area contributed by atoms with Gasteiger partial charge in [0.15, 0.2) is 0 Å². The van der Waals surface area contributed by atoms with Crippen molar-refractivity contribution in [2.24, 2.45) is 0 Å². The number of fused-ring (bicyclic) bond motifs is 1. The van der Waals surface area contributed by atoms with E-state index in [9.17, 15) is 9.59 Å². The van der Waals surface area contributed by atoms with Gasteiger partial charge >= 0.3 is 5.97 Å². The van der Waals surface area contributed by atoms with E-state index in [-0.39, 0.29) is 18.9 Å². The number of hydrogen-bond acceptors (Lipinski definition) is 4. The predicted molar refractivity (Wildman–Crippen MR) is 78.4 cm³/mol. The molecule has 1 aromatic carbocycles. The summed E-state index contributed by atoms with van der Waals surface area (Å²) in [6.07, 6.45) is 1.17. The number of benzene rings is 1. The van der Waals surface area contributed by atoms with Crippen LogP contribution >= 0.6 is 0 Å². The van der Waals surface area contributed by atoms with Crippen molar-refractivity contribution in [1.82, 2.24) is 5.32 Å². The van der Waals surface area contributed by atoms with E-state index in [1.807, 2.05) is 29.2 Å². The second kappa shape index (κ2) is 7.08. The van der Waals surface area contributed by atoms with Crippen molar-refractivity contribution < 1.29 is 19.4 Å². The van der Waals surface area contributed by atoms with Gasteiger partial charge in [-0.25, -0.2) is 4.79 Å². The minimum Gasteiger partial charge on any atom is -0.480 e. The number of hydrogen-bond donors (Lipinski definition) is 2. The van der Waals surface area contributed by atoms with Crippen LogP contribution in [0.25, 0.3) is 0 Å². The van der Waals surface area contributed by atoms with Crippen LogP contribution in [0.15, 0.2) is 24.3 Å². The lowest BCUT2D eigenvalue weighted by molar-refractivity contribution is -0.142. The summed E-state index contributed by atoms with van der Waals surface area (Å²) in [4.78, 5) is 25.1. The Bertz CT molecular complexity index is 518. The molecule has 6 heteroatoms. The molecule has 1 atom stereocenters. The Balaban J connectivity index is 1.91. The molecule has 0 aromatic heterocycles. The molecule has 0 aliphatic carbocycles. The molecule has 0 bridgehead atoms. The van der Waals surface area contributed by atoms with Gasteiger partial charge in [0.1, 0.15) is 6.04 Å². The summed E-state index contributed by atoms with van der Waals surface area (Å²) in [7, 11) is 1.50. The Morgan fingerprint density at radius 2 is 2.19 bits per heavy atom. The normalized spacial score (nSPS) is 14.6. The fraction of sp³-hybridized carbons (Fsp3) is 0.467. The van der Waals surface area contributed by atoms with Gasteiger partial charge in [-0.15, -0.1) is 0 Å². The molecule has 2 rings (SSSR count). The molecule has 6 nitrogen and oxygen atoms in total. The molecule has 114 valence electrons. The number of anilines is 1. The lowest BCUT2D eigenvalue weighted by Gasteiger charge is -2.20. The SMILES string of the molecule is COCCC(NC(=O)CN1CCc2ccccc21)C(=O)O. The van der Waals surface area contributed by atoms with E-state index in [2.05, 4.69) is 5.32 Å². The fourth-order valence-electron chi connectivity index (χ4n) is 2.48. The molecule has 21 heavy (non-hydrogen) atoms. The summed E-state index contributed by atoms with van der Waals surface area (Å²) >= 11 is 0. The maximum atomic E-state index is 12.0. The average Bonchev–Trinajstić information content (AvgIpc) is 2.86. The van der Waals surface area contributed by atoms with E-state index >= 15 is 0 Å². The van der Waals surface area contributed by atoms with Crippen LogP contribution in [-0.4, -0.2) is 49.8 Å². The van der Waals surface area contributed by atoms with E-state index in [1.54, 1.807) is 0 Å². The van der Waals surface area contributed by atoms with Crippen LogP contribution in [0.2, 0.25) is 0 Å². The van der Waals surface area contributed by atoms with Gasteiger partial charge in [-0.2, -0.15) is 0 Å². The van der Waals surface area contributed by atoms with Crippen LogP contribution < -0.4 is 10.2 Å². The van der Waals surface area contributed by atoms with Gasteiger partial charge in [-0.1, -0.05) is 18.2 Å². The zero-order chi connectivity index (χ0) is 15.2. The first kappa shape index (κ1) is 15.3. The van der Waals surface area contributed by atoms with Gasteiger partial charge in [-0.3, -0.25) is 4.79 Å². The third-order valence-electron chi connectivity index (χ3n) is 3.56. The molecule has 0 fully saturated rings. The van der Waals surface area contributed by atoms with E-state index in [1.165, 1.54) is 12.7 Å². The number of carboxylic acids is 1. The molecule has 0 saturated heterocycles. The van der Waals surface area contributed by atoms with Gasteiger partial charge in [0.25, 0.3) is 0 Å². The first-order chi connectivity index (χ1) is 10.1. The highest BCUT2D eigenvalue weighted by Crippen LogP contribution is 2.26. The number of rotatable bonds is 7. The van der Waals surface area contributed by atoms with E-state index in [4.69, 9.17) is 9.84 Å². The minimum absolute atomic E-state index is 0.174. The quantitative estimate of drug-likeness (QED) is 0.771. The molecule has 0 spiro atoms. The monoisotopic (exact) mass is 292 g/mol. The van der Waals surface area contributed by atoms with Crippen LogP contribution in [-0.2, 0) is 20.7 Å². The number of nitrogens with zero attached hydrogens (tertiary/aromatic N) is 1. The zero-order valence-corrected chi connectivity index (χ0v) is 12.0. The van der Waals surface area contributed by atoms with Crippen LogP contribution in [0.5, 0.6) is 0 Å². The Kier molecular flexibility index (Phi) is 5.16. The molecule has 1 unspecified atom stereocenters. The van der Waals surface area contributed by atoms with Crippen LogP contribution in [0.3, 0.4) is 0 Å². The van der Waals surface area contributed by atoms with Crippen molar-refractivity contribution in [2.45, 2.75) is 18.9 Å². The van der Waals surface area contributed by atoms with Crippen LogP contribution in [0.1, 0.15) is 12.0 Å². The molecule has 1 aliphatic rings. The van der Waals surface area contributed by atoms with E-state index < -0.39 is 12.0 Å². The van der Waals surface area contributed by atoms with Crippen LogP contribution in [0, 0.1) is 0 Å². The van der Waals surface area contributed by atoms with Crippen molar-refractivity contribution in [1.29, 1.82) is 0 Å². The highest BCUT2D eigenvalue weighted by molar-refractivity contribution is 5.87. The fourth-order valence-corrected chi connectivity index (χ4v) is 2.48. The van der Waals surface area contributed by atoms with Crippen molar-refractivity contribution in [3.05, 3.63) is 29.8 Å². The van der Waals surface area contributed by atoms with Gasteiger partial charge in [0.05, 0.1) is 6.54 Å². The van der Waals surface area contributed by atoms with Crippen molar-refractivity contribution in [3.63, 3.8) is 0 Å². The standard InChI is InChI=1S/C15H20N2O4/c1-21-9-7-12(15(19)20)16-14(18)10-17-8-6-11-4-2-3-5-13(11)17/h2-5,12H,6-10H2,1H3,(H,16,18)(H,19,20). The molecule has 2 N–H and O–H groups in total. The number of methoxy groups -OCH3 is 1. The summed E-state index contributed by atoms with van der Waals surface area (Å²) in [5.74, 6) is -1.32. The number of carbonyl (C=O) groups excluding carboxylic acids is 1. The average molecular weight is 292 g/mol. The predicted octanol–water partition coefficient (Wildman–Crippen LogP) is 0.655. The molecule has 1 aliphatic heterocycles. The first-order valence-electron chi connectivity index (χ1n) is 6.95. The van der Waals surface area contributed by atoms with Gasteiger partial charge < -0.3 is 20.1 Å². The smallest absolute Gasteiger partial charge is 0.326 e. The largest absolute Gasteiger partial charge is 0.480 e. The topological polar surface area (TPSA) is 78.9 Å². The molecule has 1 amide bonds. The molecule has 0 radical (unpaired) electrons. The zero-order valence-electron chi connectivity index (χ0n) is 12.0. The van der Waals surface area contributed by atoms with Crippen LogP contribution in [0.4, 0.5) is 5.69 Å². The maximum Gasteiger partial charge on any atom is 0.326 e. The third kappa shape index (κ3) is 3.95. The highest BCUT2D eigenvalue weighted by atomic mass is 16.5. The Labute approximate surface area is 123 Å². The first-order valence-corrected chi connectivity index (χ1v) is 6.95. The third-order valence-corrected chi connectivity index (χ3v) is 3.56. The lowest BCUT2D eigenvalue weighted by atomic mass is 10.2. The Morgan fingerprint density at radius 3 is 2.90 bits per heavy atom. The second-order valence-corrected chi connectivity index (χ2v) is 5.04. The van der Waals surface area contributed by atoms with Crippen molar-refractivity contribution in [2.75, 3.05) is 31.7 Å². The van der Waals surface area contributed by atoms with E-state index in [0.717, 1.165) is 18.7 Å². The molecular weight excluding hydrogens is 272 g/mol. The van der Waals surface area contributed by atoms with Crippen molar-refractivity contribution >= 4 is 17.6 Å². The highest BCUT2D eigenvalue weighted by Gasteiger charge is 2.24. The van der Waals surface area contributed by atoms with Gasteiger partial charge in [0.2, 0.25) is 5.91 Å². The maximum absolute atomic E-state index is 12.0. The summed E-state index contributed by atoms with van der Waals surface area (Å²) in [6, 6.07) is 7.04. The minimum atomic E-state index is -1.04. The number of para-hydroxylation sites is 1. The number of carboxylic acid groups (broad SMARTS) is 1. The molecule has 1 aromatic rings.